The summed E-state index contributed by atoms with van der Waals surface area (Å²) in [5.74, 6) is -0.224. The van der Waals surface area contributed by atoms with Crippen molar-refractivity contribution in [3.63, 3.8) is 0 Å². The molecule has 0 N–H and O–H groups in total. The molecule has 2 heterocycles. The Kier molecular flexibility index (Phi) is 5.61. The van der Waals surface area contributed by atoms with E-state index in [2.05, 4.69) is 117 Å². The summed E-state index contributed by atoms with van der Waals surface area (Å²) < 4.78 is 20.9. The fourth-order valence-electron chi connectivity index (χ4n) is 6.76. The number of hydrogen-bond donors (Lipinski definition) is 0. The predicted molar refractivity (Wildman–Crippen MR) is 176 cm³/mol. The Labute approximate surface area is 250 Å². The van der Waals surface area contributed by atoms with Crippen LogP contribution in [-0.4, -0.2) is 0 Å². The van der Waals surface area contributed by atoms with E-state index in [1.54, 1.807) is 12.1 Å². The number of halogens is 1. The van der Waals surface area contributed by atoms with Gasteiger partial charge in [0.2, 0.25) is 0 Å². The van der Waals surface area contributed by atoms with Crippen LogP contribution in [0, 0.1) is 12.7 Å². The Balaban J connectivity index is 1.28. The van der Waals surface area contributed by atoms with Gasteiger partial charge in [-0.2, -0.15) is 0 Å². The Morgan fingerprint density at radius 3 is 2.02 bits per heavy atom. The Bertz CT molecular complexity index is 2190. The monoisotopic (exact) mass is 559 g/mol. The van der Waals surface area contributed by atoms with Crippen LogP contribution in [0.2, 0.25) is 0 Å². The van der Waals surface area contributed by atoms with Crippen LogP contribution in [0.15, 0.2) is 132 Å². The largest absolute Gasteiger partial charge is 0.456 e. The van der Waals surface area contributed by atoms with Crippen LogP contribution in [-0.2, 0) is 5.41 Å². The maximum Gasteiger partial charge on any atom is 0.135 e. The molecular weight excluding hydrogens is 529 g/mol. The van der Waals surface area contributed by atoms with Gasteiger partial charge in [0.15, 0.2) is 0 Å². The van der Waals surface area contributed by atoms with Gasteiger partial charge in [0.05, 0.1) is 11.4 Å². The van der Waals surface area contributed by atoms with Crippen molar-refractivity contribution in [2.24, 2.45) is 0 Å². The molecule has 0 atom stereocenters. The number of benzene rings is 6. The molecule has 6 aromatic carbocycles. The SMILES string of the molecule is Cc1ccccc1-c1ccc(N2c3ccc(F)cc3C(C)(C)c3cc(-c4ccc5oc6ccccc6c5c4)ccc32)cc1. The van der Waals surface area contributed by atoms with Crippen molar-refractivity contribution in [3.05, 3.63) is 150 Å². The molecule has 0 fully saturated rings. The van der Waals surface area contributed by atoms with E-state index in [1.165, 1.54) is 16.7 Å². The maximum absolute atomic E-state index is 14.8. The Morgan fingerprint density at radius 1 is 0.581 bits per heavy atom. The highest BCUT2D eigenvalue weighted by Gasteiger charge is 2.37. The van der Waals surface area contributed by atoms with E-state index < -0.39 is 5.41 Å². The number of para-hydroxylation sites is 1. The van der Waals surface area contributed by atoms with E-state index >= 15 is 0 Å². The fourth-order valence-corrected chi connectivity index (χ4v) is 6.76. The van der Waals surface area contributed by atoms with Crippen molar-refractivity contribution in [2.75, 3.05) is 4.90 Å². The first kappa shape index (κ1) is 25.6. The minimum absolute atomic E-state index is 0.224. The molecule has 0 spiro atoms. The molecule has 8 rings (SSSR count). The third-order valence-electron chi connectivity index (χ3n) is 9.08. The zero-order valence-electron chi connectivity index (χ0n) is 24.4. The normalized spacial score (nSPS) is 13.7. The van der Waals surface area contributed by atoms with Crippen LogP contribution >= 0.6 is 0 Å². The van der Waals surface area contributed by atoms with E-state index in [4.69, 9.17) is 4.42 Å². The minimum Gasteiger partial charge on any atom is -0.456 e. The Morgan fingerprint density at radius 2 is 1.21 bits per heavy atom. The summed E-state index contributed by atoms with van der Waals surface area (Å²) in [4.78, 5) is 2.27. The molecule has 1 aliphatic heterocycles. The molecule has 2 nitrogen and oxygen atoms in total. The average Bonchev–Trinajstić information content (AvgIpc) is 3.40. The first-order chi connectivity index (χ1) is 20.9. The molecule has 0 aliphatic carbocycles. The van der Waals surface area contributed by atoms with Crippen molar-refractivity contribution >= 4 is 39.0 Å². The molecule has 0 bridgehead atoms. The highest BCUT2D eigenvalue weighted by Crippen LogP contribution is 2.53. The second-order valence-electron chi connectivity index (χ2n) is 12.0. The number of nitrogens with zero attached hydrogens (tertiary/aromatic N) is 1. The number of hydrogen-bond acceptors (Lipinski definition) is 2. The molecule has 0 amide bonds. The second-order valence-corrected chi connectivity index (χ2v) is 12.0. The standard InChI is InChI=1S/C40H30FNO/c1-25-8-4-5-9-31(25)26-12-17-30(18-13-26)42-36-19-14-28(23-34(36)40(2,3)35-24-29(41)16-20-37(35)42)27-15-21-39-33(22-27)32-10-6-7-11-38(32)43-39/h4-24H,1-3H3. The summed E-state index contributed by atoms with van der Waals surface area (Å²) in [5, 5.41) is 2.22. The summed E-state index contributed by atoms with van der Waals surface area (Å²) in [5.41, 5.74) is 12.5. The lowest BCUT2D eigenvalue weighted by molar-refractivity contribution is 0.597. The van der Waals surface area contributed by atoms with Crippen molar-refractivity contribution < 1.29 is 8.81 Å². The number of rotatable bonds is 3. The van der Waals surface area contributed by atoms with Gasteiger partial charge in [0.1, 0.15) is 17.0 Å². The van der Waals surface area contributed by atoms with Gasteiger partial charge in [0.25, 0.3) is 0 Å². The lowest BCUT2D eigenvalue weighted by Gasteiger charge is -2.42. The molecule has 43 heavy (non-hydrogen) atoms. The third-order valence-corrected chi connectivity index (χ3v) is 9.08. The zero-order chi connectivity index (χ0) is 29.3. The number of anilines is 3. The number of fused-ring (bicyclic) bond motifs is 5. The molecule has 208 valence electrons. The van der Waals surface area contributed by atoms with Crippen LogP contribution in [0.25, 0.3) is 44.2 Å². The van der Waals surface area contributed by atoms with E-state index in [0.717, 1.165) is 61.3 Å². The van der Waals surface area contributed by atoms with Gasteiger partial charge < -0.3 is 9.32 Å². The number of aryl methyl sites for hydroxylation is 1. The predicted octanol–water partition coefficient (Wildman–Crippen LogP) is 11.5. The third kappa shape index (κ3) is 3.99. The molecule has 3 heteroatoms. The molecule has 1 aromatic heterocycles. The van der Waals surface area contributed by atoms with Crippen LogP contribution in [0.3, 0.4) is 0 Å². The van der Waals surface area contributed by atoms with Crippen molar-refractivity contribution in [3.8, 4) is 22.3 Å². The summed E-state index contributed by atoms with van der Waals surface area (Å²) in [7, 11) is 0. The van der Waals surface area contributed by atoms with E-state index in [1.807, 2.05) is 24.3 Å². The quantitative estimate of drug-likeness (QED) is 0.214. The van der Waals surface area contributed by atoms with Gasteiger partial charge in [-0.15, -0.1) is 0 Å². The van der Waals surface area contributed by atoms with Crippen LogP contribution in [0.1, 0.15) is 30.5 Å². The average molecular weight is 560 g/mol. The van der Waals surface area contributed by atoms with Crippen LogP contribution < -0.4 is 4.90 Å². The van der Waals surface area contributed by atoms with Crippen LogP contribution in [0.4, 0.5) is 21.5 Å². The molecule has 0 saturated carbocycles. The molecule has 0 unspecified atom stereocenters. The maximum atomic E-state index is 14.8. The van der Waals surface area contributed by atoms with Gasteiger partial charge in [0, 0.05) is 21.9 Å². The Hall–Kier alpha value is -5.15. The lowest BCUT2D eigenvalue weighted by atomic mass is 9.72. The van der Waals surface area contributed by atoms with E-state index in [-0.39, 0.29) is 5.82 Å². The van der Waals surface area contributed by atoms with Crippen molar-refractivity contribution in [2.45, 2.75) is 26.2 Å². The van der Waals surface area contributed by atoms with Crippen LogP contribution in [0.5, 0.6) is 0 Å². The second kappa shape index (κ2) is 9.43. The lowest BCUT2D eigenvalue weighted by Crippen LogP contribution is -2.30. The first-order valence-corrected chi connectivity index (χ1v) is 14.7. The minimum atomic E-state index is -0.410. The smallest absolute Gasteiger partial charge is 0.135 e. The van der Waals surface area contributed by atoms with E-state index in [0.29, 0.717) is 0 Å². The first-order valence-electron chi connectivity index (χ1n) is 14.7. The zero-order valence-corrected chi connectivity index (χ0v) is 24.4. The van der Waals surface area contributed by atoms with Gasteiger partial charge in [-0.1, -0.05) is 80.6 Å². The highest BCUT2D eigenvalue weighted by molar-refractivity contribution is 6.06. The molecule has 1 aliphatic rings. The summed E-state index contributed by atoms with van der Waals surface area (Å²) in [6, 6.07) is 43.6. The summed E-state index contributed by atoms with van der Waals surface area (Å²) in [6.07, 6.45) is 0. The van der Waals surface area contributed by atoms with Crippen molar-refractivity contribution in [1.29, 1.82) is 0 Å². The summed E-state index contributed by atoms with van der Waals surface area (Å²) in [6.45, 7) is 6.53. The van der Waals surface area contributed by atoms with Crippen molar-refractivity contribution in [1.82, 2.24) is 0 Å². The summed E-state index contributed by atoms with van der Waals surface area (Å²) >= 11 is 0. The topological polar surface area (TPSA) is 16.4 Å². The molecule has 0 saturated heterocycles. The molecule has 7 aromatic rings. The van der Waals surface area contributed by atoms with Gasteiger partial charge in [-0.25, -0.2) is 4.39 Å². The van der Waals surface area contributed by atoms with Gasteiger partial charge >= 0.3 is 0 Å². The highest BCUT2D eigenvalue weighted by atomic mass is 19.1. The van der Waals surface area contributed by atoms with E-state index in [9.17, 15) is 4.39 Å². The molecular formula is C40H30FNO. The fraction of sp³-hybridized carbons (Fsp3) is 0.100. The van der Waals surface area contributed by atoms with Gasteiger partial charge in [-0.3, -0.25) is 0 Å². The number of furan rings is 1. The van der Waals surface area contributed by atoms with Gasteiger partial charge in [-0.05, 0) is 107 Å². The molecule has 0 radical (unpaired) electrons.